The van der Waals surface area contributed by atoms with E-state index in [1.54, 1.807) is 14.2 Å². The predicted molar refractivity (Wildman–Crippen MR) is 137 cm³/mol. The van der Waals surface area contributed by atoms with Crippen LogP contribution in [0.5, 0.6) is 11.5 Å². The Morgan fingerprint density at radius 3 is 2.44 bits per heavy atom. The fraction of sp³-hybridized carbons (Fsp3) is 0.519. The largest absolute Gasteiger partial charge is 0.493 e. The number of unbranched alkanes of at least 4 members (excludes halogenated alkanes) is 1. The van der Waals surface area contributed by atoms with Gasteiger partial charge in [0, 0.05) is 36.7 Å². The standard InChI is InChI=1S/C27H34ClN3O3/c1-4-5-12-30-24-16-19(28)7-9-23(24)31(27(30)32)20-10-13-29(14-11-20)22-8-6-18-15-25(33-2)26(34-3)17-21(18)22/h7,9,15-17,20,22H,4-6,8,10-14H2,1-3H3. The number of likely N-dealkylation sites (tertiary alicyclic amines) is 1. The SMILES string of the molecule is CCCCn1c(=O)n(C2CCN(C3CCc4cc(OC)c(OC)cc43)CC2)c2ccc(Cl)cc21. The molecule has 0 saturated carbocycles. The monoisotopic (exact) mass is 483 g/mol. The van der Waals surface area contributed by atoms with Crippen molar-refractivity contribution in [2.75, 3.05) is 27.3 Å². The van der Waals surface area contributed by atoms with Gasteiger partial charge in [-0.15, -0.1) is 0 Å². The van der Waals surface area contributed by atoms with Crippen molar-refractivity contribution < 1.29 is 9.47 Å². The highest BCUT2D eigenvalue weighted by Crippen LogP contribution is 2.43. The number of rotatable bonds is 7. The molecule has 2 heterocycles. The van der Waals surface area contributed by atoms with Gasteiger partial charge >= 0.3 is 5.69 Å². The van der Waals surface area contributed by atoms with Crippen LogP contribution in [0.3, 0.4) is 0 Å². The van der Waals surface area contributed by atoms with Gasteiger partial charge in [-0.3, -0.25) is 14.0 Å². The van der Waals surface area contributed by atoms with E-state index in [4.69, 9.17) is 21.1 Å². The smallest absolute Gasteiger partial charge is 0.329 e. The summed E-state index contributed by atoms with van der Waals surface area (Å²) < 4.78 is 15.0. The average molecular weight is 484 g/mol. The van der Waals surface area contributed by atoms with Crippen molar-refractivity contribution in [1.82, 2.24) is 14.0 Å². The van der Waals surface area contributed by atoms with Crippen molar-refractivity contribution in [3.63, 3.8) is 0 Å². The van der Waals surface area contributed by atoms with Crippen LogP contribution in [0.25, 0.3) is 11.0 Å². The van der Waals surface area contributed by atoms with E-state index in [2.05, 4.69) is 24.0 Å². The van der Waals surface area contributed by atoms with Gasteiger partial charge in [-0.1, -0.05) is 24.9 Å². The molecule has 1 aliphatic carbocycles. The second-order valence-electron chi connectivity index (χ2n) is 9.52. The number of aryl methyl sites for hydroxylation is 2. The molecule has 0 spiro atoms. The molecule has 2 aromatic carbocycles. The first kappa shape index (κ1) is 23.3. The van der Waals surface area contributed by atoms with E-state index in [-0.39, 0.29) is 11.7 Å². The molecular weight excluding hydrogens is 450 g/mol. The van der Waals surface area contributed by atoms with E-state index in [0.717, 1.165) is 80.7 Å². The lowest BCUT2D eigenvalue weighted by Gasteiger charge is -2.37. The van der Waals surface area contributed by atoms with Crippen LogP contribution in [0.1, 0.15) is 62.2 Å². The van der Waals surface area contributed by atoms with E-state index in [9.17, 15) is 4.79 Å². The van der Waals surface area contributed by atoms with Crippen LogP contribution < -0.4 is 15.2 Å². The third-order valence-electron chi connectivity index (χ3n) is 7.66. The zero-order chi connectivity index (χ0) is 23.8. The van der Waals surface area contributed by atoms with Gasteiger partial charge in [0.2, 0.25) is 0 Å². The Balaban J connectivity index is 1.38. The summed E-state index contributed by atoms with van der Waals surface area (Å²) in [7, 11) is 3.39. The number of ether oxygens (including phenoxy) is 2. The summed E-state index contributed by atoms with van der Waals surface area (Å²) in [6.45, 7) is 4.84. The Labute approximate surface area is 206 Å². The summed E-state index contributed by atoms with van der Waals surface area (Å²) in [5.74, 6) is 1.60. The third kappa shape index (κ3) is 4.01. The molecule has 2 aliphatic rings. The second kappa shape index (κ2) is 9.67. The zero-order valence-electron chi connectivity index (χ0n) is 20.3. The lowest BCUT2D eigenvalue weighted by Crippen LogP contribution is -2.39. The van der Waals surface area contributed by atoms with Crippen LogP contribution in [0.4, 0.5) is 0 Å². The highest BCUT2D eigenvalue weighted by atomic mass is 35.5. The first-order valence-corrected chi connectivity index (χ1v) is 12.8. The molecule has 6 nitrogen and oxygen atoms in total. The number of hydrogen-bond acceptors (Lipinski definition) is 4. The summed E-state index contributed by atoms with van der Waals surface area (Å²) in [5, 5.41) is 0.677. The molecule has 34 heavy (non-hydrogen) atoms. The third-order valence-corrected chi connectivity index (χ3v) is 7.89. The molecular formula is C27H34ClN3O3. The molecule has 0 radical (unpaired) electrons. The minimum Gasteiger partial charge on any atom is -0.493 e. The minimum absolute atomic E-state index is 0.104. The molecule has 0 amide bonds. The van der Waals surface area contributed by atoms with E-state index >= 15 is 0 Å². The summed E-state index contributed by atoms with van der Waals surface area (Å²) >= 11 is 6.30. The minimum atomic E-state index is 0.104. The number of piperidine rings is 1. The molecule has 1 unspecified atom stereocenters. The van der Waals surface area contributed by atoms with Crippen LogP contribution in [-0.4, -0.2) is 41.3 Å². The van der Waals surface area contributed by atoms with Gasteiger partial charge in [0.05, 0.1) is 25.3 Å². The molecule has 5 rings (SSSR count). The van der Waals surface area contributed by atoms with Crippen molar-refractivity contribution in [3.8, 4) is 11.5 Å². The maximum atomic E-state index is 13.5. The summed E-state index contributed by atoms with van der Waals surface area (Å²) in [4.78, 5) is 16.1. The second-order valence-corrected chi connectivity index (χ2v) is 9.95. The zero-order valence-corrected chi connectivity index (χ0v) is 21.1. The Morgan fingerprint density at radius 2 is 1.74 bits per heavy atom. The van der Waals surface area contributed by atoms with Crippen LogP contribution in [0.15, 0.2) is 35.1 Å². The fourth-order valence-corrected chi connectivity index (χ4v) is 6.05. The van der Waals surface area contributed by atoms with Gasteiger partial charge < -0.3 is 9.47 Å². The molecule has 1 aliphatic heterocycles. The van der Waals surface area contributed by atoms with E-state index in [0.29, 0.717) is 11.1 Å². The molecule has 0 N–H and O–H groups in total. The quantitative estimate of drug-likeness (QED) is 0.439. The molecule has 0 bridgehead atoms. The van der Waals surface area contributed by atoms with Gasteiger partial charge in [-0.25, -0.2) is 4.79 Å². The number of fused-ring (bicyclic) bond motifs is 2. The van der Waals surface area contributed by atoms with Gasteiger partial charge in [0.15, 0.2) is 11.5 Å². The Morgan fingerprint density at radius 1 is 1.00 bits per heavy atom. The normalized spacial score (nSPS) is 19.0. The van der Waals surface area contributed by atoms with Crippen LogP contribution in [-0.2, 0) is 13.0 Å². The number of nitrogens with zero attached hydrogens (tertiary/aromatic N) is 3. The fourth-order valence-electron chi connectivity index (χ4n) is 5.88. The number of halogens is 1. The Kier molecular flexibility index (Phi) is 6.63. The highest BCUT2D eigenvalue weighted by molar-refractivity contribution is 6.31. The van der Waals surface area contributed by atoms with Crippen LogP contribution in [0, 0.1) is 0 Å². The molecule has 7 heteroatoms. The molecule has 182 valence electrons. The van der Waals surface area contributed by atoms with E-state index in [1.807, 2.05) is 27.3 Å². The van der Waals surface area contributed by atoms with Crippen molar-refractivity contribution in [2.45, 2.75) is 64.1 Å². The lowest BCUT2D eigenvalue weighted by molar-refractivity contribution is 0.134. The first-order chi connectivity index (χ1) is 16.5. The van der Waals surface area contributed by atoms with Crippen molar-refractivity contribution in [2.24, 2.45) is 0 Å². The van der Waals surface area contributed by atoms with Crippen LogP contribution >= 0.6 is 11.6 Å². The number of hydrogen-bond donors (Lipinski definition) is 0. The Hall–Kier alpha value is -2.44. The molecule has 1 saturated heterocycles. The summed E-state index contributed by atoms with van der Waals surface area (Å²) in [6, 6.07) is 10.8. The van der Waals surface area contributed by atoms with Gasteiger partial charge in [0.25, 0.3) is 0 Å². The number of aromatic nitrogens is 2. The van der Waals surface area contributed by atoms with Crippen molar-refractivity contribution in [1.29, 1.82) is 0 Å². The van der Waals surface area contributed by atoms with Crippen molar-refractivity contribution >= 4 is 22.6 Å². The molecule has 1 atom stereocenters. The molecule has 1 aromatic heterocycles. The predicted octanol–water partition coefficient (Wildman–Crippen LogP) is 5.60. The van der Waals surface area contributed by atoms with Gasteiger partial charge in [0.1, 0.15) is 0 Å². The number of benzene rings is 2. The number of imidazole rings is 1. The van der Waals surface area contributed by atoms with Crippen molar-refractivity contribution in [3.05, 3.63) is 57.0 Å². The molecule has 3 aromatic rings. The number of methoxy groups -OCH3 is 2. The maximum absolute atomic E-state index is 13.5. The molecule has 1 fully saturated rings. The van der Waals surface area contributed by atoms with Crippen LogP contribution in [0.2, 0.25) is 5.02 Å². The van der Waals surface area contributed by atoms with E-state index < -0.39 is 0 Å². The summed E-state index contributed by atoms with van der Waals surface area (Å²) in [5.41, 5.74) is 4.79. The lowest BCUT2D eigenvalue weighted by atomic mass is 9.99. The van der Waals surface area contributed by atoms with Gasteiger partial charge in [-0.05, 0) is 73.6 Å². The highest BCUT2D eigenvalue weighted by Gasteiger charge is 2.33. The topological polar surface area (TPSA) is 48.6 Å². The average Bonchev–Trinajstić information content (AvgIpc) is 3.39. The maximum Gasteiger partial charge on any atom is 0.329 e. The van der Waals surface area contributed by atoms with E-state index in [1.165, 1.54) is 11.1 Å². The van der Waals surface area contributed by atoms with Gasteiger partial charge in [-0.2, -0.15) is 0 Å². The first-order valence-electron chi connectivity index (χ1n) is 12.4. The summed E-state index contributed by atoms with van der Waals surface area (Å²) in [6.07, 6.45) is 6.15. The Bertz CT molecular complexity index is 1240.